The van der Waals surface area contributed by atoms with Gasteiger partial charge in [0.2, 0.25) is 5.88 Å². The molecule has 0 spiro atoms. The summed E-state index contributed by atoms with van der Waals surface area (Å²) in [5.74, 6) is 0.975. The van der Waals surface area contributed by atoms with Crippen molar-refractivity contribution in [3.63, 3.8) is 0 Å². The van der Waals surface area contributed by atoms with Crippen LogP contribution in [0.4, 0.5) is 0 Å². The third-order valence-corrected chi connectivity index (χ3v) is 2.94. The second-order valence-corrected chi connectivity index (χ2v) is 4.46. The van der Waals surface area contributed by atoms with Crippen molar-refractivity contribution in [3.8, 4) is 23.3 Å². The van der Waals surface area contributed by atoms with Crippen LogP contribution in [0.15, 0.2) is 24.3 Å². The summed E-state index contributed by atoms with van der Waals surface area (Å²) in [4.78, 5) is 8.76. The summed E-state index contributed by atoms with van der Waals surface area (Å²) in [5.41, 5.74) is 2.47. The SMILES string of the molecule is Cc1nc(-c2cccc(Cl)c2)nc(OCC#N)c1C. The first-order valence-electron chi connectivity index (χ1n) is 5.72. The summed E-state index contributed by atoms with van der Waals surface area (Å²) in [6, 6.07) is 9.23. The summed E-state index contributed by atoms with van der Waals surface area (Å²) in [6.45, 7) is 3.71. The topological polar surface area (TPSA) is 58.8 Å². The van der Waals surface area contributed by atoms with Crippen molar-refractivity contribution >= 4 is 11.6 Å². The monoisotopic (exact) mass is 273 g/mol. The molecular formula is C14H12ClN3O. The largest absolute Gasteiger partial charge is 0.462 e. The average molecular weight is 274 g/mol. The molecule has 0 saturated carbocycles. The first kappa shape index (κ1) is 13.3. The fourth-order valence-electron chi connectivity index (χ4n) is 1.60. The van der Waals surface area contributed by atoms with E-state index in [1.807, 2.05) is 32.0 Å². The van der Waals surface area contributed by atoms with Gasteiger partial charge >= 0.3 is 0 Å². The van der Waals surface area contributed by atoms with Gasteiger partial charge in [-0.05, 0) is 26.0 Å². The molecule has 96 valence electrons. The van der Waals surface area contributed by atoms with Gasteiger partial charge in [-0.1, -0.05) is 23.7 Å². The normalized spacial score (nSPS) is 10.0. The second kappa shape index (κ2) is 5.68. The lowest BCUT2D eigenvalue weighted by atomic mass is 10.2. The number of ether oxygens (including phenoxy) is 1. The van der Waals surface area contributed by atoms with Crippen LogP contribution in [0, 0.1) is 25.2 Å². The van der Waals surface area contributed by atoms with Crippen molar-refractivity contribution in [3.05, 3.63) is 40.5 Å². The second-order valence-electron chi connectivity index (χ2n) is 4.02. The summed E-state index contributed by atoms with van der Waals surface area (Å²) in [5, 5.41) is 9.20. The third-order valence-electron chi connectivity index (χ3n) is 2.70. The minimum Gasteiger partial charge on any atom is -0.462 e. The van der Waals surface area contributed by atoms with Crippen LogP contribution >= 0.6 is 11.6 Å². The van der Waals surface area contributed by atoms with E-state index in [1.165, 1.54) is 0 Å². The highest BCUT2D eigenvalue weighted by atomic mass is 35.5. The molecule has 0 atom stereocenters. The van der Waals surface area contributed by atoms with Gasteiger partial charge in [-0.3, -0.25) is 0 Å². The fraction of sp³-hybridized carbons (Fsp3) is 0.214. The Bertz CT molecular complexity index is 650. The minimum atomic E-state index is -0.0354. The number of nitrogens with zero attached hydrogens (tertiary/aromatic N) is 3. The van der Waals surface area contributed by atoms with Crippen LogP contribution in [-0.4, -0.2) is 16.6 Å². The van der Waals surface area contributed by atoms with Crippen molar-refractivity contribution in [1.82, 2.24) is 9.97 Å². The maximum Gasteiger partial charge on any atom is 0.221 e. The molecule has 0 aliphatic heterocycles. The average Bonchev–Trinajstić information content (AvgIpc) is 2.40. The van der Waals surface area contributed by atoms with Gasteiger partial charge in [-0.25, -0.2) is 4.98 Å². The first-order chi connectivity index (χ1) is 9.11. The number of hydrogen-bond acceptors (Lipinski definition) is 4. The van der Waals surface area contributed by atoms with Crippen molar-refractivity contribution in [1.29, 1.82) is 5.26 Å². The van der Waals surface area contributed by atoms with Gasteiger partial charge in [-0.2, -0.15) is 10.2 Å². The van der Waals surface area contributed by atoms with Crippen LogP contribution in [0.1, 0.15) is 11.3 Å². The smallest absolute Gasteiger partial charge is 0.221 e. The number of rotatable bonds is 3. The Labute approximate surface area is 116 Å². The number of nitriles is 1. The number of hydrogen-bond donors (Lipinski definition) is 0. The standard InChI is InChI=1S/C14H12ClN3O/c1-9-10(2)17-13(18-14(9)19-7-6-16)11-4-3-5-12(15)8-11/h3-5,8H,7H2,1-2H3. The molecule has 0 saturated heterocycles. The molecule has 0 amide bonds. The van der Waals surface area contributed by atoms with Gasteiger partial charge in [0.25, 0.3) is 0 Å². The highest BCUT2D eigenvalue weighted by Gasteiger charge is 2.11. The predicted molar refractivity (Wildman–Crippen MR) is 73.1 cm³/mol. The van der Waals surface area contributed by atoms with Crippen LogP contribution in [0.3, 0.4) is 0 Å². The van der Waals surface area contributed by atoms with Gasteiger partial charge in [0.15, 0.2) is 12.4 Å². The maximum absolute atomic E-state index is 8.57. The zero-order valence-electron chi connectivity index (χ0n) is 10.6. The molecule has 0 radical (unpaired) electrons. The van der Waals surface area contributed by atoms with Gasteiger partial charge in [0.1, 0.15) is 6.07 Å². The molecule has 4 nitrogen and oxygen atoms in total. The van der Waals surface area contributed by atoms with E-state index in [2.05, 4.69) is 9.97 Å². The van der Waals surface area contributed by atoms with Crippen molar-refractivity contribution in [2.45, 2.75) is 13.8 Å². The van der Waals surface area contributed by atoms with Gasteiger partial charge in [0.05, 0.1) is 0 Å². The van der Waals surface area contributed by atoms with Crippen LogP contribution < -0.4 is 4.74 Å². The Hall–Kier alpha value is -2.12. The Balaban J connectivity index is 2.47. The number of aromatic nitrogens is 2. The minimum absolute atomic E-state index is 0.0354. The number of aryl methyl sites for hydroxylation is 1. The third kappa shape index (κ3) is 3.01. The lowest BCUT2D eigenvalue weighted by Crippen LogP contribution is -2.03. The molecule has 0 N–H and O–H groups in total. The molecule has 1 aromatic carbocycles. The molecular weight excluding hydrogens is 262 g/mol. The molecule has 2 rings (SSSR count). The van der Waals surface area contributed by atoms with E-state index in [0.717, 1.165) is 16.8 Å². The van der Waals surface area contributed by atoms with Crippen molar-refractivity contribution in [2.75, 3.05) is 6.61 Å². The van der Waals surface area contributed by atoms with E-state index in [9.17, 15) is 0 Å². The quantitative estimate of drug-likeness (QED) is 0.861. The van der Waals surface area contributed by atoms with Gasteiger partial charge in [-0.15, -0.1) is 0 Å². The van der Waals surface area contributed by atoms with E-state index in [-0.39, 0.29) is 6.61 Å². The van der Waals surface area contributed by atoms with E-state index >= 15 is 0 Å². The van der Waals surface area contributed by atoms with Crippen molar-refractivity contribution < 1.29 is 4.74 Å². The molecule has 0 fully saturated rings. The zero-order valence-corrected chi connectivity index (χ0v) is 11.4. The maximum atomic E-state index is 8.57. The molecule has 0 unspecified atom stereocenters. The van der Waals surface area contributed by atoms with Crippen LogP contribution in [0.2, 0.25) is 5.02 Å². The Morgan fingerprint density at radius 2 is 2.11 bits per heavy atom. The molecule has 5 heteroatoms. The number of benzene rings is 1. The Kier molecular flexibility index (Phi) is 3.98. The molecule has 0 aliphatic carbocycles. The summed E-state index contributed by atoms with van der Waals surface area (Å²) in [7, 11) is 0. The first-order valence-corrected chi connectivity index (χ1v) is 6.10. The predicted octanol–water partition coefficient (Wildman–Crippen LogP) is 3.32. The number of halogens is 1. The van der Waals surface area contributed by atoms with Gasteiger partial charge in [0, 0.05) is 21.8 Å². The Morgan fingerprint density at radius 3 is 2.79 bits per heavy atom. The summed E-state index contributed by atoms with van der Waals surface area (Å²) in [6.07, 6.45) is 0. The van der Waals surface area contributed by atoms with Crippen LogP contribution in [-0.2, 0) is 0 Å². The van der Waals surface area contributed by atoms with Crippen LogP contribution in [0.5, 0.6) is 5.88 Å². The van der Waals surface area contributed by atoms with Gasteiger partial charge < -0.3 is 4.74 Å². The highest BCUT2D eigenvalue weighted by molar-refractivity contribution is 6.30. The van der Waals surface area contributed by atoms with Crippen LogP contribution in [0.25, 0.3) is 11.4 Å². The molecule has 1 aromatic heterocycles. The molecule has 2 aromatic rings. The van der Waals surface area contributed by atoms with E-state index in [4.69, 9.17) is 21.6 Å². The summed E-state index contributed by atoms with van der Waals surface area (Å²) >= 11 is 5.96. The highest BCUT2D eigenvalue weighted by Crippen LogP contribution is 2.24. The fourth-order valence-corrected chi connectivity index (χ4v) is 1.79. The molecule has 0 bridgehead atoms. The molecule has 0 aliphatic rings. The molecule has 19 heavy (non-hydrogen) atoms. The molecule has 1 heterocycles. The lowest BCUT2D eigenvalue weighted by Gasteiger charge is -2.09. The zero-order chi connectivity index (χ0) is 13.8. The van der Waals surface area contributed by atoms with E-state index in [1.54, 1.807) is 12.1 Å². The Morgan fingerprint density at radius 1 is 1.32 bits per heavy atom. The summed E-state index contributed by atoms with van der Waals surface area (Å²) < 4.78 is 5.31. The lowest BCUT2D eigenvalue weighted by molar-refractivity contribution is 0.350. The van der Waals surface area contributed by atoms with E-state index < -0.39 is 0 Å². The van der Waals surface area contributed by atoms with Crippen molar-refractivity contribution in [2.24, 2.45) is 0 Å². The van der Waals surface area contributed by atoms with E-state index in [0.29, 0.717) is 16.7 Å².